The molecule has 2 aromatic rings. The summed E-state index contributed by atoms with van der Waals surface area (Å²) in [4.78, 5) is 22.8. The van der Waals surface area contributed by atoms with Crippen LogP contribution >= 0.6 is 12.2 Å². The molecule has 9 heteroatoms. The highest BCUT2D eigenvalue weighted by Gasteiger charge is 2.15. The number of benzene rings is 2. The van der Waals surface area contributed by atoms with Crippen molar-refractivity contribution in [3.05, 3.63) is 63.7 Å². The number of hydrogen-bond acceptors (Lipinski definition) is 6. The molecule has 0 bridgehead atoms. The van der Waals surface area contributed by atoms with Crippen molar-refractivity contribution in [1.29, 1.82) is 0 Å². The van der Waals surface area contributed by atoms with E-state index in [1.54, 1.807) is 50.4 Å². The van der Waals surface area contributed by atoms with Crippen molar-refractivity contribution in [3.63, 3.8) is 0 Å². The number of thiocarbonyl (C=S) groups is 1. The minimum absolute atomic E-state index is 0.0295. The largest absolute Gasteiger partial charge is 0.491 e. The summed E-state index contributed by atoms with van der Waals surface area (Å²) >= 11 is 5.13. The predicted octanol–water partition coefficient (Wildman–Crippen LogP) is 3.06. The first-order valence-corrected chi connectivity index (χ1v) is 8.41. The van der Waals surface area contributed by atoms with Crippen LogP contribution in [0.15, 0.2) is 42.5 Å². The van der Waals surface area contributed by atoms with E-state index < -0.39 is 10.8 Å². The lowest BCUT2D eigenvalue weighted by Crippen LogP contribution is -2.34. The summed E-state index contributed by atoms with van der Waals surface area (Å²) in [5.74, 6) is 0.218. The van der Waals surface area contributed by atoms with E-state index in [0.29, 0.717) is 35.8 Å². The fraction of sp³-hybridized carbons (Fsp3) is 0.222. The van der Waals surface area contributed by atoms with Crippen LogP contribution in [0.25, 0.3) is 0 Å². The van der Waals surface area contributed by atoms with E-state index in [9.17, 15) is 14.9 Å². The summed E-state index contributed by atoms with van der Waals surface area (Å²) in [6.07, 6.45) is 0. The Morgan fingerprint density at radius 1 is 1.19 bits per heavy atom. The minimum atomic E-state index is -0.474. The summed E-state index contributed by atoms with van der Waals surface area (Å²) in [5.41, 5.74) is 1.25. The van der Waals surface area contributed by atoms with E-state index in [1.807, 2.05) is 0 Å². The van der Waals surface area contributed by atoms with Gasteiger partial charge in [-0.15, -0.1) is 0 Å². The molecule has 0 saturated heterocycles. The Balaban J connectivity index is 1.97. The average Bonchev–Trinajstić information content (AvgIpc) is 2.64. The first-order chi connectivity index (χ1) is 12.9. The van der Waals surface area contributed by atoms with E-state index in [0.717, 1.165) is 0 Å². The Morgan fingerprint density at radius 3 is 2.52 bits per heavy atom. The molecule has 0 spiro atoms. The van der Waals surface area contributed by atoms with Crippen molar-refractivity contribution in [2.75, 3.05) is 25.6 Å². The number of nitro benzene ring substituents is 1. The smallest absolute Gasteiger partial charge is 0.274 e. The van der Waals surface area contributed by atoms with Crippen LogP contribution in [-0.4, -0.2) is 36.3 Å². The molecule has 0 aliphatic carbocycles. The van der Waals surface area contributed by atoms with E-state index >= 15 is 0 Å². The highest BCUT2D eigenvalue weighted by molar-refractivity contribution is 7.80. The molecule has 0 fully saturated rings. The maximum atomic E-state index is 12.3. The number of amides is 1. The zero-order valence-corrected chi connectivity index (χ0v) is 15.7. The number of ether oxygens (including phenoxy) is 2. The number of carbonyl (C=O) groups excluding carboxylic acids is 1. The number of carbonyl (C=O) groups is 1. The van der Waals surface area contributed by atoms with Gasteiger partial charge in [-0.05, 0) is 49.5 Å². The molecule has 0 heterocycles. The molecule has 2 aromatic carbocycles. The fourth-order valence-corrected chi connectivity index (χ4v) is 2.43. The lowest BCUT2D eigenvalue weighted by molar-refractivity contribution is -0.385. The van der Waals surface area contributed by atoms with Gasteiger partial charge in [0.1, 0.15) is 12.4 Å². The zero-order valence-electron chi connectivity index (χ0n) is 14.9. The van der Waals surface area contributed by atoms with Gasteiger partial charge in [0, 0.05) is 18.7 Å². The van der Waals surface area contributed by atoms with Crippen LogP contribution in [0, 0.1) is 17.0 Å². The molecule has 0 atom stereocenters. The van der Waals surface area contributed by atoms with Crippen molar-refractivity contribution in [3.8, 4) is 5.75 Å². The van der Waals surface area contributed by atoms with E-state index in [-0.39, 0.29) is 10.8 Å². The van der Waals surface area contributed by atoms with Gasteiger partial charge in [0.25, 0.3) is 11.6 Å². The topological polar surface area (TPSA) is 103 Å². The normalized spacial score (nSPS) is 10.1. The number of nitro groups is 1. The minimum Gasteiger partial charge on any atom is -0.491 e. The SMILES string of the molecule is COCCOc1ccc(C(=O)NC(=S)Nc2cccc([N+](=O)[O-])c2C)cc1. The van der Waals surface area contributed by atoms with Crippen LogP contribution < -0.4 is 15.4 Å². The Kier molecular flexibility index (Phi) is 7.21. The number of rotatable bonds is 7. The molecule has 27 heavy (non-hydrogen) atoms. The van der Waals surface area contributed by atoms with Gasteiger partial charge in [-0.3, -0.25) is 20.2 Å². The van der Waals surface area contributed by atoms with Crippen molar-refractivity contribution in [2.24, 2.45) is 0 Å². The second-order valence-corrected chi connectivity index (χ2v) is 5.89. The highest BCUT2D eigenvalue weighted by Crippen LogP contribution is 2.24. The van der Waals surface area contributed by atoms with Crippen LogP contribution in [0.3, 0.4) is 0 Å². The third-order valence-corrected chi connectivity index (χ3v) is 3.85. The molecular weight excluding hydrogens is 370 g/mol. The average molecular weight is 389 g/mol. The first-order valence-electron chi connectivity index (χ1n) is 8.00. The third kappa shape index (κ3) is 5.73. The standard InChI is InChI=1S/C18H19N3O5S/c1-12-15(4-3-5-16(12)21(23)24)19-18(27)20-17(22)13-6-8-14(9-7-13)26-11-10-25-2/h3-9H,10-11H2,1-2H3,(H2,19,20,22,27). The van der Waals surface area contributed by atoms with Crippen LogP contribution in [0.2, 0.25) is 0 Å². The summed E-state index contributed by atoms with van der Waals surface area (Å²) in [6.45, 7) is 2.49. The van der Waals surface area contributed by atoms with E-state index in [1.165, 1.54) is 6.07 Å². The molecule has 0 aromatic heterocycles. The van der Waals surface area contributed by atoms with Gasteiger partial charge in [-0.1, -0.05) is 6.07 Å². The lowest BCUT2D eigenvalue weighted by Gasteiger charge is -2.12. The molecule has 0 aliphatic rings. The van der Waals surface area contributed by atoms with Gasteiger partial charge >= 0.3 is 0 Å². The van der Waals surface area contributed by atoms with Gasteiger partial charge in [-0.25, -0.2) is 0 Å². The monoisotopic (exact) mass is 389 g/mol. The summed E-state index contributed by atoms with van der Waals surface area (Å²) in [7, 11) is 1.59. The molecule has 2 rings (SSSR count). The molecule has 1 amide bonds. The zero-order chi connectivity index (χ0) is 19.8. The molecular formula is C18H19N3O5S. The summed E-state index contributed by atoms with van der Waals surface area (Å²) < 4.78 is 10.3. The molecule has 142 valence electrons. The van der Waals surface area contributed by atoms with E-state index in [4.69, 9.17) is 21.7 Å². The second-order valence-electron chi connectivity index (χ2n) is 5.48. The van der Waals surface area contributed by atoms with Crippen molar-refractivity contribution < 1.29 is 19.2 Å². The lowest BCUT2D eigenvalue weighted by atomic mass is 10.1. The Bertz CT molecular complexity index is 839. The van der Waals surface area contributed by atoms with Gasteiger partial charge in [-0.2, -0.15) is 0 Å². The Labute approximate surface area is 161 Å². The van der Waals surface area contributed by atoms with Gasteiger partial charge < -0.3 is 14.8 Å². The van der Waals surface area contributed by atoms with Crippen LogP contribution in [0.4, 0.5) is 11.4 Å². The third-order valence-electron chi connectivity index (χ3n) is 3.65. The Morgan fingerprint density at radius 2 is 1.89 bits per heavy atom. The van der Waals surface area contributed by atoms with Gasteiger partial charge in [0.15, 0.2) is 5.11 Å². The first kappa shape index (κ1) is 20.3. The van der Waals surface area contributed by atoms with E-state index in [2.05, 4.69) is 10.6 Å². The second kappa shape index (κ2) is 9.60. The van der Waals surface area contributed by atoms with Crippen LogP contribution in [0.1, 0.15) is 15.9 Å². The van der Waals surface area contributed by atoms with Crippen LogP contribution in [0.5, 0.6) is 5.75 Å². The predicted molar refractivity (Wildman–Crippen MR) is 105 cm³/mol. The van der Waals surface area contributed by atoms with Crippen LogP contribution in [-0.2, 0) is 4.74 Å². The number of methoxy groups -OCH3 is 1. The molecule has 8 nitrogen and oxygen atoms in total. The maximum Gasteiger partial charge on any atom is 0.274 e. The van der Waals surface area contributed by atoms with Crippen molar-refractivity contribution >= 4 is 34.6 Å². The fourth-order valence-electron chi connectivity index (χ4n) is 2.23. The molecule has 0 aliphatic heterocycles. The molecule has 0 saturated carbocycles. The van der Waals surface area contributed by atoms with Crippen molar-refractivity contribution in [1.82, 2.24) is 5.32 Å². The number of hydrogen-bond donors (Lipinski definition) is 2. The van der Waals surface area contributed by atoms with Gasteiger partial charge in [0.05, 0.1) is 22.8 Å². The van der Waals surface area contributed by atoms with Gasteiger partial charge in [0.2, 0.25) is 0 Å². The number of nitrogens with zero attached hydrogens (tertiary/aromatic N) is 1. The summed E-state index contributed by atoms with van der Waals surface area (Å²) in [6, 6.07) is 11.2. The number of anilines is 1. The summed E-state index contributed by atoms with van der Waals surface area (Å²) in [5, 5.41) is 16.4. The maximum absolute atomic E-state index is 12.3. The highest BCUT2D eigenvalue weighted by atomic mass is 32.1. The Hall–Kier alpha value is -3.04. The molecule has 0 unspecified atom stereocenters. The molecule has 2 N–H and O–H groups in total. The van der Waals surface area contributed by atoms with Crippen molar-refractivity contribution in [2.45, 2.75) is 6.92 Å². The molecule has 0 radical (unpaired) electrons. The number of nitrogens with one attached hydrogen (secondary N) is 2. The quantitative estimate of drug-likeness (QED) is 0.325.